The lowest BCUT2D eigenvalue weighted by molar-refractivity contribution is 0.415. The summed E-state index contributed by atoms with van der Waals surface area (Å²) in [6.45, 7) is 0. The van der Waals surface area contributed by atoms with E-state index in [0.717, 1.165) is 0 Å². The van der Waals surface area contributed by atoms with E-state index in [1.54, 1.807) is 43.5 Å². The molecular weight excluding hydrogens is 300 g/mol. The number of sulfone groups is 1. The summed E-state index contributed by atoms with van der Waals surface area (Å²) in [5, 5.41) is 11.6. The van der Waals surface area contributed by atoms with Crippen molar-refractivity contribution in [3.8, 4) is 11.5 Å². The maximum atomic E-state index is 12.6. The quantitative estimate of drug-likeness (QED) is 0.805. The van der Waals surface area contributed by atoms with Crippen LogP contribution in [0.3, 0.4) is 0 Å². The van der Waals surface area contributed by atoms with E-state index in [2.05, 4.69) is 0 Å². The number of aromatic hydroxyl groups is 1. The van der Waals surface area contributed by atoms with Gasteiger partial charge in [0, 0.05) is 0 Å². The van der Waals surface area contributed by atoms with Gasteiger partial charge in [-0.2, -0.15) is 0 Å². The Balaban J connectivity index is 2.21. The predicted octanol–water partition coefficient (Wildman–Crippen LogP) is 3.39. The van der Waals surface area contributed by atoms with E-state index in [1.165, 1.54) is 24.3 Å². The fourth-order valence-electron chi connectivity index (χ4n) is 2.31. The molecule has 0 radical (unpaired) electrons. The summed E-state index contributed by atoms with van der Waals surface area (Å²) in [5.41, 5.74) is 0. The zero-order valence-electron chi connectivity index (χ0n) is 11.9. The predicted molar refractivity (Wildman–Crippen MR) is 84.1 cm³/mol. The van der Waals surface area contributed by atoms with E-state index in [0.29, 0.717) is 16.5 Å². The molecule has 0 saturated carbocycles. The second-order valence-corrected chi connectivity index (χ2v) is 6.77. The molecule has 0 unspecified atom stereocenters. The van der Waals surface area contributed by atoms with Crippen molar-refractivity contribution in [1.29, 1.82) is 0 Å². The molecule has 5 heteroatoms. The molecule has 0 fully saturated rings. The van der Waals surface area contributed by atoms with Crippen molar-refractivity contribution in [2.24, 2.45) is 0 Å². The van der Waals surface area contributed by atoms with Crippen molar-refractivity contribution in [2.45, 2.75) is 9.79 Å². The standard InChI is InChI=1S/C17H14O4S/c1-21-14-8-7-12-11-17(16(18)10-13(12)9-14)22(19,20)15-5-3-2-4-6-15/h2-11,18H,1H3. The normalized spacial score (nSPS) is 11.5. The van der Waals surface area contributed by atoms with Crippen LogP contribution in [0.5, 0.6) is 11.5 Å². The summed E-state index contributed by atoms with van der Waals surface area (Å²) in [6.07, 6.45) is 0. The van der Waals surface area contributed by atoms with Crippen LogP contribution in [0.25, 0.3) is 10.8 Å². The van der Waals surface area contributed by atoms with Crippen LogP contribution in [-0.2, 0) is 9.84 Å². The van der Waals surface area contributed by atoms with Crippen LogP contribution in [0.1, 0.15) is 0 Å². The first-order valence-electron chi connectivity index (χ1n) is 6.63. The summed E-state index contributed by atoms with van der Waals surface area (Å²) < 4.78 is 30.4. The van der Waals surface area contributed by atoms with Gasteiger partial charge >= 0.3 is 0 Å². The van der Waals surface area contributed by atoms with E-state index in [1.807, 2.05) is 0 Å². The molecule has 22 heavy (non-hydrogen) atoms. The van der Waals surface area contributed by atoms with Crippen molar-refractivity contribution in [3.05, 3.63) is 60.7 Å². The number of hydrogen-bond acceptors (Lipinski definition) is 4. The van der Waals surface area contributed by atoms with Crippen molar-refractivity contribution in [1.82, 2.24) is 0 Å². The Labute approximate surface area is 128 Å². The molecule has 0 heterocycles. The van der Waals surface area contributed by atoms with Gasteiger partial charge in [-0.25, -0.2) is 8.42 Å². The highest BCUT2D eigenvalue weighted by atomic mass is 32.2. The fourth-order valence-corrected chi connectivity index (χ4v) is 3.70. The van der Waals surface area contributed by atoms with Crippen LogP contribution in [-0.4, -0.2) is 20.6 Å². The first kappa shape index (κ1) is 14.4. The fraction of sp³-hybridized carbons (Fsp3) is 0.0588. The summed E-state index contributed by atoms with van der Waals surface area (Å²) in [6, 6.07) is 16.2. The van der Waals surface area contributed by atoms with E-state index in [9.17, 15) is 13.5 Å². The minimum Gasteiger partial charge on any atom is -0.507 e. The molecule has 0 atom stereocenters. The Hall–Kier alpha value is -2.53. The SMILES string of the molecule is COc1ccc2cc(S(=O)(=O)c3ccccc3)c(O)cc2c1. The Kier molecular flexibility index (Phi) is 3.50. The molecule has 4 nitrogen and oxygen atoms in total. The lowest BCUT2D eigenvalue weighted by Gasteiger charge is -2.09. The minimum absolute atomic E-state index is 0.101. The van der Waals surface area contributed by atoms with E-state index < -0.39 is 9.84 Å². The van der Waals surface area contributed by atoms with Crippen molar-refractivity contribution in [3.63, 3.8) is 0 Å². The molecule has 0 spiro atoms. The third kappa shape index (κ3) is 2.40. The maximum absolute atomic E-state index is 12.6. The largest absolute Gasteiger partial charge is 0.507 e. The molecule has 0 amide bonds. The van der Waals surface area contributed by atoms with Crippen LogP contribution >= 0.6 is 0 Å². The zero-order chi connectivity index (χ0) is 15.7. The average molecular weight is 314 g/mol. The highest BCUT2D eigenvalue weighted by molar-refractivity contribution is 7.91. The number of fused-ring (bicyclic) bond motifs is 1. The van der Waals surface area contributed by atoms with Gasteiger partial charge in [-0.3, -0.25) is 0 Å². The van der Waals surface area contributed by atoms with Crippen molar-refractivity contribution < 1.29 is 18.3 Å². The lowest BCUT2D eigenvalue weighted by atomic mass is 10.1. The van der Waals surface area contributed by atoms with Crippen LogP contribution < -0.4 is 4.74 Å². The Morgan fingerprint density at radius 2 is 1.64 bits per heavy atom. The molecular formula is C17H14O4S. The van der Waals surface area contributed by atoms with Gasteiger partial charge in [0.1, 0.15) is 16.4 Å². The van der Waals surface area contributed by atoms with Gasteiger partial charge in [-0.05, 0) is 47.2 Å². The van der Waals surface area contributed by atoms with Gasteiger partial charge in [0.25, 0.3) is 0 Å². The number of hydrogen-bond donors (Lipinski definition) is 1. The topological polar surface area (TPSA) is 63.6 Å². The Morgan fingerprint density at radius 3 is 2.32 bits per heavy atom. The second kappa shape index (κ2) is 5.35. The van der Waals surface area contributed by atoms with Gasteiger partial charge in [0.05, 0.1) is 12.0 Å². The molecule has 0 saturated heterocycles. The van der Waals surface area contributed by atoms with E-state index >= 15 is 0 Å². The minimum atomic E-state index is -3.76. The first-order valence-corrected chi connectivity index (χ1v) is 8.11. The van der Waals surface area contributed by atoms with Gasteiger partial charge in [0.15, 0.2) is 0 Å². The van der Waals surface area contributed by atoms with Crippen molar-refractivity contribution in [2.75, 3.05) is 7.11 Å². The maximum Gasteiger partial charge on any atom is 0.210 e. The molecule has 1 N–H and O–H groups in total. The molecule has 0 aliphatic heterocycles. The van der Waals surface area contributed by atoms with Gasteiger partial charge in [0.2, 0.25) is 9.84 Å². The highest BCUT2D eigenvalue weighted by Gasteiger charge is 2.21. The number of methoxy groups -OCH3 is 1. The number of phenols is 1. The number of benzene rings is 3. The highest BCUT2D eigenvalue weighted by Crippen LogP contribution is 2.33. The van der Waals surface area contributed by atoms with Crippen LogP contribution in [0, 0.1) is 0 Å². The van der Waals surface area contributed by atoms with Gasteiger partial charge in [-0.1, -0.05) is 24.3 Å². The molecule has 0 aromatic heterocycles. The van der Waals surface area contributed by atoms with E-state index in [4.69, 9.17) is 4.74 Å². The van der Waals surface area contributed by atoms with Crippen LogP contribution in [0.15, 0.2) is 70.5 Å². The Bertz CT molecular complexity index is 932. The van der Waals surface area contributed by atoms with Gasteiger partial charge in [-0.15, -0.1) is 0 Å². The molecule has 3 aromatic rings. The summed E-state index contributed by atoms with van der Waals surface area (Å²) in [4.78, 5) is 0.0505. The molecule has 112 valence electrons. The first-order chi connectivity index (χ1) is 10.5. The summed E-state index contributed by atoms with van der Waals surface area (Å²) in [7, 11) is -2.21. The lowest BCUT2D eigenvalue weighted by Crippen LogP contribution is -2.02. The third-order valence-corrected chi connectivity index (χ3v) is 5.27. The number of phenolic OH excluding ortho intramolecular Hbond substituents is 1. The van der Waals surface area contributed by atoms with E-state index in [-0.39, 0.29) is 15.5 Å². The molecule has 3 rings (SSSR count). The van der Waals surface area contributed by atoms with Crippen LogP contribution in [0.2, 0.25) is 0 Å². The summed E-state index contributed by atoms with van der Waals surface area (Å²) in [5.74, 6) is 0.371. The van der Waals surface area contributed by atoms with Crippen LogP contribution in [0.4, 0.5) is 0 Å². The monoisotopic (exact) mass is 314 g/mol. The third-order valence-electron chi connectivity index (χ3n) is 3.47. The number of ether oxygens (including phenoxy) is 1. The molecule has 0 aliphatic rings. The van der Waals surface area contributed by atoms with Gasteiger partial charge < -0.3 is 9.84 Å². The number of rotatable bonds is 3. The average Bonchev–Trinajstić information content (AvgIpc) is 2.54. The summed E-state index contributed by atoms with van der Waals surface area (Å²) >= 11 is 0. The Morgan fingerprint density at radius 1 is 0.909 bits per heavy atom. The molecule has 0 bridgehead atoms. The zero-order valence-corrected chi connectivity index (χ0v) is 12.7. The molecule has 3 aromatic carbocycles. The smallest absolute Gasteiger partial charge is 0.210 e. The van der Waals surface area contributed by atoms with Crippen molar-refractivity contribution >= 4 is 20.6 Å². The second-order valence-electron chi connectivity index (χ2n) is 4.85. The molecule has 0 aliphatic carbocycles.